The van der Waals surface area contributed by atoms with Crippen LogP contribution in [0.1, 0.15) is 65.5 Å². The molecule has 0 saturated heterocycles. The zero-order valence-electron chi connectivity index (χ0n) is 17.4. The van der Waals surface area contributed by atoms with E-state index in [1.54, 1.807) is 0 Å². The number of para-hydroxylation sites is 1. The van der Waals surface area contributed by atoms with Crippen molar-refractivity contribution in [3.8, 4) is 5.75 Å². The molecule has 0 bridgehead atoms. The van der Waals surface area contributed by atoms with Gasteiger partial charge in [0.2, 0.25) is 0 Å². The summed E-state index contributed by atoms with van der Waals surface area (Å²) in [6.45, 7) is 12.5. The van der Waals surface area contributed by atoms with Gasteiger partial charge in [-0.25, -0.2) is 24.3 Å². The monoisotopic (exact) mass is 460 g/mol. The Morgan fingerprint density at radius 1 is 0.778 bits per heavy atom. The van der Waals surface area contributed by atoms with Crippen LogP contribution in [0.15, 0.2) is 54.7 Å². The second-order valence-corrected chi connectivity index (χ2v) is 8.19. The van der Waals surface area contributed by atoms with Crippen molar-refractivity contribution in [3.05, 3.63) is 77.9 Å². The molecule has 2 aliphatic carbocycles. The van der Waals surface area contributed by atoms with Gasteiger partial charge in [-0.3, -0.25) is 12.2 Å². The van der Waals surface area contributed by atoms with Crippen LogP contribution in [0.5, 0.6) is 5.75 Å². The van der Waals surface area contributed by atoms with Crippen molar-refractivity contribution >= 4 is 0 Å². The second kappa shape index (κ2) is 13.4. The van der Waals surface area contributed by atoms with Gasteiger partial charge in [-0.1, -0.05) is 70.9 Å². The van der Waals surface area contributed by atoms with Crippen LogP contribution in [-0.4, -0.2) is 0 Å². The molecule has 146 valence electrons. The summed E-state index contributed by atoms with van der Waals surface area (Å²) in [7, 11) is 0. The van der Waals surface area contributed by atoms with Crippen molar-refractivity contribution in [1.82, 2.24) is 0 Å². The van der Waals surface area contributed by atoms with Crippen LogP contribution < -0.4 is 17.5 Å². The minimum atomic E-state index is -0.0711. The molecule has 3 heteroatoms. The molecule has 1 aromatic rings. The van der Waals surface area contributed by atoms with Crippen LogP contribution >= 0.6 is 0 Å². The van der Waals surface area contributed by atoms with Crippen LogP contribution in [0.4, 0.5) is 0 Å². The molecular weight excluding hydrogens is 431 g/mol. The van der Waals surface area contributed by atoms with Crippen molar-refractivity contribution < 1.29 is 43.7 Å². The Balaban J connectivity index is 0. The first-order valence-corrected chi connectivity index (χ1v) is 8.88. The molecule has 0 unspecified atom stereocenters. The minimum Gasteiger partial charge on any atom is -1.00 e. The molecule has 1 nitrogen and oxygen atoms in total. The van der Waals surface area contributed by atoms with Crippen LogP contribution in [0.25, 0.3) is 0 Å². The molecule has 0 heterocycles. The Hall–Kier alpha value is -0.847. The summed E-state index contributed by atoms with van der Waals surface area (Å²) < 4.78 is 0. The molecule has 1 aromatic carbocycles. The summed E-state index contributed by atoms with van der Waals surface area (Å²) in [6.07, 6.45) is 20.0. The Morgan fingerprint density at radius 3 is 1.33 bits per heavy atom. The maximum absolute atomic E-state index is 12.3. The fraction of sp³-hybridized carbons (Fsp3) is 0.417. The molecule has 0 amide bonds. The van der Waals surface area contributed by atoms with Gasteiger partial charge in [0.1, 0.15) is 0 Å². The number of allylic oxidation sites excluding steroid dienone is 8. The molecule has 3 rings (SSSR count). The normalized spacial score (nSPS) is 13.7. The van der Waals surface area contributed by atoms with Gasteiger partial charge in [0.15, 0.2) is 0 Å². The maximum atomic E-state index is 12.3. The molecule has 0 radical (unpaired) electrons. The van der Waals surface area contributed by atoms with Gasteiger partial charge < -0.3 is 17.5 Å². The predicted octanol–water partition coefficient (Wildman–Crippen LogP) is 2.97. The molecule has 0 aromatic heterocycles. The molecule has 0 aliphatic heterocycles. The molecule has 27 heavy (non-hydrogen) atoms. The standard InChI is InChI=1S/C14H22O.2C5H5.ClH.Zr/c1-13(2,3)10-8-7-9-11(12(10)15)14(4,5)6;2*1-2-4-5-3-1;;/h7-9,15H,1-6H3;2*1-3H,4H2;1H;/q;2*-1;;+2/p-2. The number of rotatable bonds is 0. The quantitative estimate of drug-likeness (QED) is 0.544. The third-order valence-corrected chi connectivity index (χ3v) is 3.80. The largest absolute Gasteiger partial charge is 2.00 e. The average molecular weight is 462 g/mol. The van der Waals surface area contributed by atoms with E-state index in [1.165, 1.54) is 0 Å². The van der Waals surface area contributed by atoms with Crippen molar-refractivity contribution in [2.75, 3.05) is 0 Å². The van der Waals surface area contributed by atoms with E-state index in [1.807, 2.05) is 42.5 Å². The van der Waals surface area contributed by atoms with E-state index in [9.17, 15) is 5.11 Å². The molecular formula is C24H31ClOZr-2. The SMILES string of the molecule is CC(C)(C)c1cccc(C(C)(C)C)c1[O-].[C-]1=CC=CC1.[C-]1=CC=CC1.[Cl-].[Zr+2]. The molecule has 0 spiro atoms. The first-order valence-electron chi connectivity index (χ1n) is 8.88. The van der Waals surface area contributed by atoms with E-state index < -0.39 is 0 Å². The van der Waals surface area contributed by atoms with E-state index >= 15 is 0 Å². The topological polar surface area (TPSA) is 23.1 Å². The van der Waals surface area contributed by atoms with Gasteiger partial charge >= 0.3 is 26.2 Å². The van der Waals surface area contributed by atoms with Crippen LogP contribution in [0.2, 0.25) is 0 Å². The fourth-order valence-electron chi connectivity index (χ4n) is 2.40. The van der Waals surface area contributed by atoms with Gasteiger partial charge in [0.05, 0.1) is 0 Å². The number of benzene rings is 1. The maximum Gasteiger partial charge on any atom is 2.00 e. The summed E-state index contributed by atoms with van der Waals surface area (Å²) >= 11 is 0. The van der Waals surface area contributed by atoms with Gasteiger partial charge in [0, 0.05) is 0 Å². The second-order valence-electron chi connectivity index (χ2n) is 8.19. The average Bonchev–Trinajstić information content (AvgIpc) is 3.24. The molecule has 0 fully saturated rings. The summed E-state index contributed by atoms with van der Waals surface area (Å²) in [4.78, 5) is 0. The Kier molecular flexibility index (Phi) is 14.0. The first kappa shape index (κ1) is 28.4. The summed E-state index contributed by atoms with van der Waals surface area (Å²) in [5, 5.41) is 12.3. The Bertz CT molecular complexity index is 582. The Labute approximate surface area is 191 Å². The minimum absolute atomic E-state index is 0. The zero-order valence-corrected chi connectivity index (χ0v) is 20.6. The van der Waals surface area contributed by atoms with E-state index in [-0.39, 0.29) is 55.2 Å². The summed E-state index contributed by atoms with van der Waals surface area (Å²) in [6, 6.07) is 5.87. The van der Waals surface area contributed by atoms with Gasteiger partial charge in [-0.05, 0) is 10.8 Å². The smallest absolute Gasteiger partial charge is 1.00 e. The van der Waals surface area contributed by atoms with E-state index in [0.29, 0.717) is 0 Å². The van der Waals surface area contributed by atoms with Crippen molar-refractivity contribution in [2.24, 2.45) is 0 Å². The number of hydrogen-bond acceptors (Lipinski definition) is 1. The molecule has 0 saturated carbocycles. The van der Waals surface area contributed by atoms with Gasteiger partial charge in [-0.15, -0.1) is 18.6 Å². The third kappa shape index (κ3) is 10.9. The zero-order chi connectivity index (χ0) is 18.9. The van der Waals surface area contributed by atoms with Crippen LogP contribution in [-0.2, 0) is 37.0 Å². The van der Waals surface area contributed by atoms with E-state index in [4.69, 9.17) is 0 Å². The predicted molar refractivity (Wildman–Crippen MR) is 106 cm³/mol. The summed E-state index contributed by atoms with van der Waals surface area (Å²) in [5.74, 6) is 0.206. The third-order valence-electron chi connectivity index (χ3n) is 3.80. The van der Waals surface area contributed by atoms with Gasteiger partial charge in [0.25, 0.3) is 0 Å². The van der Waals surface area contributed by atoms with Crippen molar-refractivity contribution in [3.63, 3.8) is 0 Å². The van der Waals surface area contributed by atoms with Crippen LogP contribution in [0, 0.1) is 12.2 Å². The molecule has 0 N–H and O–H groups in total. The first-order chi connectivity index (χ1) is 11.6. The van der Waals surface area contributed by atoms with E-state index in [0.717, 1.165) is 24.0 Å². The van der Waals surface area contributed by atoms with E-state index in [2.05, 4.69) is 65.8 Å². The number of hydrogen-bond donors (Lipinski definition) is 0. The van der Waals surface area contributed by atoms with Gasteiger partial charge in [-0.2, -0.15) is 12.2 Å². The number of halogens is 1. The fourth-order valence-corrected chi connectivity index (χ4v) is 2.40. The molecule has 0 atom stereocenters. The van der Waals surface area contributed by atoms with Crippen molar-refractivity contribution in [1.29, 1.82) is 0 Å². The van der Waals surface area contributed by atoms with Crippen molar-refractivity contribution in [2.45, 2.75) is 65.2 Å². The Morgan fingerprint density at radius 2 is 1.15 bits per heavy atom. The summed E-state index contributed by atoms with van der Waals surface area (Å²) in [5.41, 5.74) is 1.68. The van der Waals surface area contributed by atoms with Crippen LogP contribution in [0.3, 0.4) is 0 Å². The molecule has 2 aliphatic rings.